The van der Waals surface area contributed by atoms with Crippen LogP contribution in [0, 0.1) is 0 Å². The minimum absolute atomic E-state index is 0.234. The Bertz CT molecular complexity index is 283. The monoisotopic (exact) mass is 212 g/mol. The van der Waals surface area contributed by atoms with Gasteiger partial charge in [-0.1, -0.05) is 22.0 Å². The lowest BCUT2D eigenvalue weighted by molar-refractivity contribution is 0.180. The molecular weight excluding hydrogens is 204 g/mol. The molecule has 0 aromatic heterocycles. The topological polar surface area (TPSA) is 20.2 Å². The van der Waals surface area contributed by atoms with Crippen LogP contribution in [-0.2, 0) is 6.42 Å². The Labute approximate surface area is 74.2 Å². The molecule has 0 amide bonds. The number of aliphatic hydroxyl groups is 1. The molecule has 0 saturated heterocycles. The molecule has 58 valence electrons. The second kappa shape index (κ2) is 2.61. The lowest BCUT2D eigenvalue weighted by Crippen LogP contribution is -1.89. The average Bonchev–Trinajstić information content (AvgIpc) is 2.33. The molecule has 0 saturated carbocycles. The van der Waals surface area contributed by atoms with Crippen LogP contribution in [0.15, 0.2) is 22.7 Å². The van der Waals surface area contributed by atoms with Crippen molar-refractivity contribution < 1.29 is 5.11 Å². The van der Waals surface area contributed by atoms with E-state index in [0.717, 1.165) is 22.9 Å². The first kappa shape index (κ1) is 7.32. The first-order valence-electron chi connectivity index (χ1n) is 3.74. The zero-order valence-electron chi connectivity index (χ0n) is 6.05. The van der Waals surface area contributed by atoms with Gasteiger partial charge in [0, 0.05) is 4.47 Å². The summed E-state index contributed by atoms with van der Waals surface area (Å²) in [6, 6.07) is 6.11. The Morgan fingerprint density at radius 1 is 1.45 bits per heavy atom. The van der Waals surface area contributed by atoms with E-state index in [1.165, 1.54) is 5.56 Å². The Morgan fingerprint density at radius 3 is 3.09 bits per heavy atom. The van der Waals surface area contributed by atoms with Crippen molar-refractivity contribution in [3.8, 4) is 0 Å². The van der Waals surface area contributed by atoms with Crippen molar-refractivity contribution in [2.75, 3.05) is 0 Å². The molecule has 0 fully saturated rings. The number of benzene rings is 1. The second-order valence-corrected chi connectivity index (χ2v) is 3.81. The van der Waals surface area contributed by atoms with Crippen LogP contribution in [0.3, 0.4) is 0 Å². The highest BCUT2D eigenvalue weighted by Gasteiger charge is 2.19. The van der Waals surface area contributed by atoms with Gasteiger partial charge in [-0.15, -0.1) is 0 Å². The maximum atomic E-state index is 9.48. The highest BCUT2D eigenvalue weighted by atomic mass is 79.9. The lowest BCUT2D eigenvalue weighted by atomic mass is 10.1. The van der Waals surface area contributed by atoms with Gasteiger partial charge in [-0.25, -0.2) is 0 Å². The number of hydrogen-bond acceptors (Lipinski definition) is 1. The average molecular weight is 213 g/mol. The Kier molecular flexibility index (Phi) is 1.74. The molecule has 1 nitrogen and oxygen atoms in total. The molecule has 1 aromatic carbocycles. The summed E-state index contributed by atoms with van der Waals surface area (Å²) in [5.74, 6) is 0. The third-order valence-electron chi connectivity index (χ3n) is 2.15. The van der Waals surface area contributed by atoms with E-state index >= 15 is 0 Å². The molecule has 1 aliphatic rings. The smallest absolute Gasteiger partial charge is 0.0796 e. The highest BCUT2D eigenvalue weighted by Crippen LogP contribution is 2.32. The molecule has 1 N–H and O–H groups in total. The maximum Gasteiger partial charge on any atom is 0.0796 e. The summed E-state index contributed by atoms with van der Waals surface area (Å²) in [5.41, 5.74) is 2.39. The minimum Gasteiger partial charge on any atom is -0.388 e. The molecule has 0 unspecified atom stereocenters. The third-order valence-corrected chi connectivity index (χ3v) is 2.65. The first-order valence-corrected chi connectivity index (χ1v) is 4.53. The van der Waals surface area contributed by atoms with Gasteiger partial charge in [-0.2, -0.15) is 0 Å². The third kappa shape index (κ3) is 1.21. The van der Waals surface area contributed by atoms with E-state index < -0.39 is 0 Å². The fourth-order valence-electron chi connectivity index (χ4n) is 1.55. The van der Waals surface area contributed by atoms with Crippen molar-refractivity contribution >= 4 is 15.9 Å². The van der Waals surface area contributed by atoms with Gasteiger partial charge in [0.2, 0.25) is 0 Å². The standard InChI is InChI=1S/C9H9BrO/c10-7-3-1-6-2-4-9(11)8(6)5-7/h1,3,5,9,11H,2,4H2/t9-/m1/s1. The molecule has 1 aliphatic carbocycles. The molecule has 2 rings (SSSR count). The van der Waals surface area contributed by atoms with Gasteiger partial charge in [0.1, 0.15) is 0 Å². The van der Waals surface area contributed by atoms with E-state index in [0.29, 0.717) is 0 Å². The predicted octanol–water partition coefficient (Wildman–Crippen LogP) is 2.43. The number of fused-ring (bicyclic) bond motifs is 1. The first-order chi connectivity index (χ1) is 5.27. The van der Waals surface area contributed by atoms with Crippen LogP contribution in [0.25, 0.3) is 0 Å². The van der Waals surface area contributed by atoms with E-state index in [-0.39, 0.29) is 6.10 Å². The molecule has 0 spiro atoms. The molecule has 0 heterocycles. The summed E-state index contributed by atoms with van der Waals surface area (Å²) >= 11 is 3.38. The normalized spacial score (nSPS) is 21.8. The van der Waals surface area contributed by atoms with E-state index in [9.17, 15) is 5.11 Å². The summed E-state index contributed by atoms with van der Waals surface area (Å²) in [7, 11) is 0. The van der Waals surface area contributed by atoms with Gasteiger partial charge in [-0.3, -0.25) is 0 Å². The summed E-state index contributed by atoms with van der Waals surface area (Å²) in [6.07, 6.45) is 1.66. The second-order valence-electron chi connectivity index (χ2n) is 2.90. The largest absolute Gasteiger partial charge is 0.388 e. The van der Waals surface area contributed by atoms with Gasteiger partial charge >= 0.3 is 0 Å². The fraction of sp³-hybridized carbons (Fsp3) is 0.333. The van der Waals surface area contributed by atoms with Crippen LogP contribution in [0.2, 0.25) is 0 Å². The van der Waals surface area contributed by atoms with E-state index in [2.05, 4.69) is 22.0 Å². The van der Waals surface area contributed by atoms with Crippen LogP contribution in [-0.4, -0.2) is 5.11 Å². The maximum absolute atomic E-state index is 9.48. The summed E-state index contributed by atoms with van der Waals surface area (Å²) in [4.78, 5) is 0. The molecule has 0 bridgehead atoms. The van der Waals surface area contributed by atoms with Crippen LogP contribution < -0.4 is 0 Å². The molecule has 1 atom stereocenters. The number of rotatable bonds is 0. The van der Waals surface area contributed by atoms with Gasteiger partial charge in [0.15, 0.2) is 0 Å². The fourth-order valence-corrected chi connectivity index (χ4v) is 1.93. The SMILES string of the molecule is O[C@@H]1CCc2ccc(Br)cc21. The van der Waals surface area contributed by atoms with Gasteiger partial charge in [-0.05, 0) is 36.1 Å². The van der Waals surface area contributed by atoms with Gasteiger partial charge in [0.05, 0.1) is 6.10 Å². The van der Waals surface area contributed by atoms with Crippen molar-refractivity contribution in [2.45, 2.75) is 18.9 Å². The molecule has 0 radical (unpaired) electrons. The number of aryl methyl sites for hydroxylation is 1. The van der Waals surface area contributed by atoms with Crippen molar-refractivity contribution in [3.63, 3.8) is 0 Å². The van der Waals surface area contributed by atoms with Crippen molar-refractivity contribution in [1.82, 2.24) is 0 Å². The van der Waals surface area contributed by atoms with E-state index in [4.69, 9.17) is 0 Å². The summed E-state index contributed by atoms with van der Waals surface area (Å²) < 4.78 is 1.05. The Morgan fingerprint density at radius 2 is 2.27 bits per heavy atom. The van der Waals surface area contributed by atoms with Crippen LogP contribution in [0.1, 0.15) is 23.7 Å². The molecular formula is C9H9BrO. The van der Waals surface area contributed by atoms with Gasteiger partial charge < -0.3 is 5.11 Å². The van der Waals surface area contributed by atoms with E-state index in [1.54, 1.807) is 0 Å². The minimum atomic E-state index is -0.234. The molecule has 0 aliphatic heterocycles. The molecule has 11 heavy (non-hydrogen) atoms. The molecule has 1 aromatic rings. The number of aliphatic hydroxyl groups excluding tert-OH is 1. The Balaban J connectivity index is 2.52. The van der Waals surface area contributed by atoms with Crippen LogP contribution in [0.5, 0.6) is 0 Å². The molecule has 2 heteroatoms. The van der Waals surface area contributed by atoms with E-state index in [1.807, 2.05) is 12.1 Å². The number of halogens is 1. The Hall–Kier alpha value is -0.340. The summed E-state index contributed by atoms with van der Waals surface area (Å²) in [5, 5.41) is 9.48. The van der Waals surface area contributed by atoms with Gasteiger partial charge in [0.25, 0.3) is 0 Å². The predicted molar refractivity (Wildman–Crippen MR) is 47.4 cm³/mol. The highest BCUT2D eigenvalue weighted by molar-refractivity contribution is 9.10. The van der Waals surface area contributed by atoms with Crippen molar-refractivity contribution in [1.29, 1.82) is 0 Å². The quantitative estimate of drug-likeness (QED) is 0.701. The zero-order chi connectivity index (χ0) is 7.84. The van der Waals surface area contributed by atoms with Crippen LogP contribution in [0.4, 0.5) is 0 Å². The van der Waals surface area contributed by atoms with Crippen LogP contribution >= 0.6 is 15.9 Å². The van der Waals surface area contributed by atoms with Crippen molar-refractivity contribution in [3.05, 3.63) is 33.8 Å². The zero-order valence-corrected chi connectivity index (χ0v) is 7.63. The lowest BCUT2D eigenvalue weighted by Gasteiger charge is -2.02. The van der Waals surface area contributed by atoms with Crippen molar-refractivity contribution in [2.24, 2.45) is 0 Å². The number of hydrogen-bond donors (Lipinski definition) is 1. The summed E-state index contributed by atoms with van der Waals surface area (Å²) in [6.45, 7) is 0.